The van der Waals surface area contributed by atoms with Crippen LogP contribution in [0.3, 0.4) is 0 Å². The second-order valence-electron chi connectivity index (χ2n) is 4.86. The largest absolute Gasteiger partial charge is 0.371 e. The fourth-order valence-electron chi connectivity index (χ4n) is 2.40. The third-order valence-electron chi connectivity index (χ3n) is 3.31. The maximum absolute atomic E-state index is 5.91. The van der Waals surface area contributed by atoms with Crippen LogP contribution in [-0.4, -0.2) is 32.4 Å². The molecule has 1 N–H and O–H groups in total. The van der Waals surface area contributed by atoms with Crippen LogP contribution in [0.1, 0.15) is 24.5 Å². The van der Waals surface area contributed by atoms with Crippen molar-refractivity contribution < 1.29 is 4.74 Å². The van der Waals surface area contributed by atoms with Crippen molar-refractivity contribution in [1.82, 2.24) is 19.7 Å². The molecule has 0 bridgehead atoms. The normalized spacial score (nSPS) is 22.7. The van der Waals surface area contributed by atoms with Crippen LogP contribution in [0.4, 0.5) is 5.95 Å². The lowest BCUT2D eigenvalue weighted by atomic mass is 9.98. The average Bonchev–Trinajstić information content (AvgIpc) is 2.88. The standard InChI is InChI=1S/C13H16BrN5O/c1-19-8-9(5-17-19)12-11(3-2-4-20-12)18-13-15-6-10(14)7-16-13/h5-8,11-12H,2-4H2,1H3,(H,15,16,18)/t11-,12+/m0/s1. The Morgan fingerprint density at radius 3 is 2.85 bits per heavy atom. The van der Waals surface area contributed by atoms with Gasteiger partial charge in [-0.25, -0.2) is 9.97 Å². The lowest BCUT2D eigenvalue weighted by molar-refractivity contribution is 0.00541. The molecule has 1 fully saturated rings. The molecule has 1 aliphatic rings. The second-order valence-corrected chi connectivity index (χ2v) is 5.77. The van der Waals surface area contributed by atoms with Crippen LogP contribution in [0.2, 0.25) is 0 Å². The van der Waals surface area contributed by atoms with E-state index in [4.69, 9.17) is 4.74 Å². The van der Waals surface area contributed by atoms with E-state index in [2.05, 4.69) is 36.3 Å². The van der Waals surface area contributed by atoms with Gasteiger partial charge in [-0.15, -0.1) is 0 Å². The van der Waals surface area contributed by atoms with Gasteiger partial charge >= 0.3 is 0 Å². The minimum absolute atomic E-state index is 0.00954. The Hall–Kier alpha value is -1.47. The third kappa shape index (κ3) is 2.99. The van der Waals surface area contributed by atoms with Gasteiger partial charge in [-0.05, 0) is 28.8 Å². The molecule has 0 aromatic carbocycles. The van der Waals surface area contributed by atoms with Crippen molar-refractivity contribution in [1.29, 1.82) is 0 Å². The smallest absolute Gasteiger partial charge is 0.222 e. The first-order valence-electron chi connectivity index (χ1n) is 6.56. The van der Waals surface area contributed by atoms with E-state index >= 15 is 0 Å². The van der Waals surface area contributed by atoms with Crippen molar-refractivity contribution in [3.63, 3.8) is 0 Å². The second kappa shape index (κ2) is 5.88. The zero-order chi connectivity index (χ0) is 13.9. The molecule has 0 unspecified atom stereocenters. The van der Waals surface area contributed by atoms with Gasteiger partial charge in [0.15, 0.2) is 0 Å². The van der Waals surface area contributed by atoms with Crippen LogP contribution in [-0.2, 0) is 11.8 Å². The van der Waals surface area contributed by atoms with E-state index in [9.17, 15) is 0 Å². The Balaban J connectivity index is 1.77. The number of nitrogens with one attached hydrogen (secondary N) is 1. The molecule has 20 heavy (non-hydrogen) atoms. The van der Waals surface area contributed by atoms with E-state index in [1.165, 1.54) is 0 Å². The highest BCUT2D eigenvalue weighted by Crippen LogP contribution is 2.29. The van der Waals surface area contributed by atoms with Crippen LogP contribution < -0.4 is 5.32 Å². The summed E-state index contributed by atoms with van der Waals surface area (Å²) < 4.78 is 8.56. The number of hydrogen-bond donors (Lipinski definition) is 1. The summed E-state index contributed by atoms with van der Waals surface area (Å²) in [5.74, 6) is 0.623. The molecule has 7 heteroatoms. The van der Waals surface area contributed by atoms with Gasteiger partial charge in [-0.1, -0.05) is 0 Å². The molecule has 3 heterocycles. The average molecular weight is 338 g/mol. The van der Waals surface area contributed by atoms with Gasteiger partial charge < -0.3 is 10.1 Å². The monoisotopic (exact) mass is 337 g/mol. The van der Waals surface area contributed by atoms with Crippen LogP contribution >= 0.6 is 15.9 Å². The van der Waals surface area contributed by atoms with Crippen molar-refractivity contribution >= 4 is 21.9 Å². The molecule has 1 saturated heterocycles. The van der Waals surface area contributed by atoms with E-state index in [-0.39, 0.29) is 12.1 Å². The fraction of sp³-hybridized carbons (Fsp3) is 0.462. The number of aryl methyl sites for hydroxylation is 1. The van der Waals surface area contributed by atoms with E-state index in [0.717, 1.165) is 29.5 Å². The predicted octanol–water partition coefficient (Wildman–Crippen LogP) is 2.30. The number of nitrogens with zero attached hydrogens (tertiary/aromatic N) is 4. The van der Waals surface area contributed by atoms with E-state index in [1.54, 1.807) is 17.1 Å². The molecule has 3 rings (SSSR count). The third-order valence-corrected chi connectivity index (χ3v) is 3.72. The Morgan fingerprint density at radius 2 is 2.15 bits per heavy atom. The summed E-state index contributed by atoms with van der Waals surface area (Å²) in [5, 5.41) is 7.58. The molecular weight excluding hydrogens is 322 g/mol. The van der Waals surface area contributed by atoms with Gasteiger partial charge in [0.25, 0.3) is 0 Å². The predicted molar refractivity (Wildman–Crippen MR) is 78.3 cm³/mol. The summed E-state index contributed by atoms with van der Waals surface area (Å²) >= 11 is 3.33. The molecule has 106 valence electrons. The molecule has 2 aromatic rings. The highest BCUT2D eigenvalue weighted by atomic mass is 79.9. The molecular formula is C13H16BrN5O. The highest BCUT2D eigenvalue weighted by molar-refractivity contribution is 9.10. The lowest BCUT2D eigenvalue weighted by Gasteiger charge is -2.31. The molecule has 0 radical (unpaired) electrons. The van der Waals surface area contributed by atoms with Crippen molar-refractivity contribution in [2.45, 2.75) is 25.0 Å². The molecule has 0 spiro atoms. The summed E-state index contributed by atoms with van der Waals surface area (Å²) in [6, 6.07) is 0.161. The van der Waals surface area contributed by atoms with E-state index < -0.39 is 0 Å². The number of aromatic nitrogens is 4. The van der Waals surface area contributed by atoms with Crippen molar-refractivity contribution in [2.24, 2.45) is 7.05 Å². The van der Waals surface area contributed by atoms with E-state index in [0.29, 0.717) is 5.95 Å². The van der Waals surface area contributed by atoms with Crippen molar-refractivity contribution in [2.75, 3.05) is 11.9 Å². The summed E-state index contributed by atoms with van der Waals surface area (Å²) in [5.41, 5.74) is 1.09. The summed E-state index contributed by atoms with van der Waals surface area (Å²) in [6.45, 7) is 0.777. The molecule has 6 nitrogen and oxygen atoms in total. The first-order chi connectivity index (χ1) is 9.72. The van der Waals surface area contributed by atoms with Crippen molar-refractivity contribution in [3.8, 4) is 0 Å². The van der Waals surface area contributed by atoms with Gasteiger partial charge in [-0.3, -0.25) is 4.68 Å². The summed E-state index contributed by atoms with van der Waals surface area (Å²) in [7, 11) is 1.91. The van der Waals surface area contributed by atoms with Crippen LogP contribution in [0.5, 0.6) is 0 Å². The first-order valence-corrected chi connectivity index (χ1v) is 7.36. The zero-order valence-corrected chi connectivity index (χ0v) is 12.7. The first kappa shape index (κ1) is 13.5. The molecule has 2 aromatic heterocycles. The number of ether oxygens (including phenoxy) is 1. The van der Waals surface area contributed by atoms with Gasteiger partial charge in [0.05, 0.1) is 16.7 Å². The lowest BCUT2D eigenvalue weighted by Crippen LogP contribution is -2.34. The minimum atomic E-state index is -0.00954. The van der Waals surface area contributed by atoms with Gasteiger partial charge in [0.1, 0.15) is 6.10 Å². The summed E-state index contributed by atoms with van der Waals surface area (Å²) in [6.07, 6.45) is 9.37. The Bertz CT molecular complexity index is 570. The van der Waals surface area contributed by atoms with Gasteiger partial charge in [-0.2, -0.15) is 5.10 Å². The molecule has 2 atom stereocenters. The molecule has 0 amide bonds. The van der Waals surface area contributed by atoms with Crippen LogP contribution in [0.25, 0.3) is 0 Å². The van der Waals surface area contributed by atoms with Gasteiger partial charge in [0, 0.05) is 37.8 Å². The number of hydrogen-bond acceptors (Lipinski definition) is 5. The quantitative estimate of drug-likeness (QED) is 0.930. The summed E-state index contributed by atoms with van der Waals surface area (Å²) in [4.78, 5) is 8.52. The van der Waals surface area contributed by atoms with Crippen LogP contribution in [0.15, 0.2) is 29.3 Å². The Labute approximate surface area is 125 Å². The fourth-order valence-corrected chi connectivity index (χ4v) is 2.60. The molecule has 1 aliphatic heterocycles. The van der Waals surface area contributed by atoms with Gasteiger partial charge in [0.2, 0.25) is 5.95 Å². The maximum Gasteiger partial charge on any atom is 0.222 e. The minimum Gasteiger partial charge on any atom is -0.371 e. The van der Waals surface area contributed by atoms with Crippen LogP contribution in [0, 0.1) is 0 Å². The number of rotatable bonds is 3. The maximum atomic E-state index is 5.91. The van der Waals surface area contributed by atoms with E-state index in [1.807, 2.05) is 19.4 Å². The number of halogens is 1. The highest BCUT2D eigenvalue weighted by Gasteiger charge is 2.28. The SMILES string of the molecule is Cn1cc([C@H]2OCCC[C@@H]2Nc2ncc(Br)cn2)cn1. The Kier molecular flexibility index (Phi) is 3.98. The Morgan fingerprint density at radius 1 is 1.35 bits per heavy atom. The zero-order valence-electron chi connectivity index (χ0n) is 11.2. The van der Waals surface area contributed by atoms with Crippen molar-refractivity contribution in [3.05, 3.63) is 34.8 Å². The number of anilines is 1. The molecule has 0 aliphatic carbocycles. The topological polar surface area (TPSA) is 64.9 Å². The molecule has 0 saturated carbocycles.